The summed E-state index contributed by atoms with van der Waals surface area (Å²) >= 11 is 12.4. The van der Waals surface area contributed by atoms with Gasteiger partial charge in [0.2, 0.25) is 11.8 Å². The minimum Gasteiger partial charge on any atom is -0.444 e. The number of carbonyl (C=O) groups is 3. The Hall–Kier alpha value is -2.03. The number of hydrogen-bond donors (Lipinski definition) is 2. The minimum atomic E-state index is -0.839. The Bertz CT molecular complexity index is 990. The SMILES string of the molecule is CC(C)NC(=O)C1CCCCC1N1CCN(C(=O)C(Cc2ccc(Cl)cc2Cl)NC(=O)OC(C)(C)C)CC1. The van der Waals surface area contributed by atoms with Crippen molar-refractivity contribution >= 4 is 41.1 Å². The van der Waals surface area contributed by atoms with Gasteiger partial charge in [-0.25, -0.2) is 4.79 Å². The number of halogens is 2. The van der Waals surface area contributed by atoms with Crippen LogP contribution in [-0.2, 0) is 20.7 Å². The molecule has 0 aromatic heterocycles. The van der Waals surface area contributed by atoms with Crippen molar-refractivity contribution in [3.63, 3.8) is 0 Å². The van der Waals surface area contributed by atoms with Gasteiger partial charge in [0.25, 0.3) is 0 Å². The highest BCUT2D eigenvalue weighted by atomic mass is 35.5. The van der Waals surface area contributed by atoms with Crippen LogP contribution in [0.3, 0.4) is 0 Å². The average Bonchev–Trinajstić information content (AvgIpc) is 2.83. The highest BCUT2D eigenvalue weighted by Gasteiger charge is 2.38. The van der Waals surface area contributed by atoms with E-state index in [1.807, 2.05) is 13.8 Å². The molecule has 1 aliphatic heterocycles. The molecule has 1 aromatic carbocycles. The first kappa shape index (κ1) is 30.5. The monoisotopic (exact) mass is 568 g/mol. The number of benzene rings is 1. The highest BCUT2D eigenvalue weighted by molar-refractivity contribution is 6.35. The number of rotatable bonds is 7. The Morgan fingerprint density at radius 3 is 2.29 bits per heavy atom. The second-order valence-electron chi connectivity index (χ2n) is 11.6. The lowest BCUT2D eigenvalue weighted by Crippen LogP contribution is -2.59. The first-order chi connectivity index (χ1) is 17.8. The summed E-state index contributed by atoms with van der Waals surface area (Å²) in [6.45, 7) is 11.7. The van der Waals surface area contributed by atoms with E-state index in [0.29, 0.717) is 41.8 Å². The zero-order valence-electron chi connectivity index (χ0n) is 23.2. The molecule has 1 saturated carbocycles. The maximum atomic E-state index is 13.7. The van der Waals surface area contributed by atoms with Crippen molar-refractivity contribution in [2.24, 2.45) is 5.92 Å². The highest BCUT2D eigenvalue weighted by Crippen LogP contribution is 2.30. The van der Waals surface area contributed by atoms with E-state index >= 15 is 0 Å². The summed E-state index contributed by atoms with van der Waals surface area (Å²) < 4.78 is 5.43. The predicted molar refractivity (Wildman–Crippen MR) is 151 cm³/mol. The Balaban J connectivity index is 1.69. The van der Waals surface area contributed by atoms with E-state index in [0.717, 1.165) is 25.7 Å². The second-order valence-corrected chi connectivity index (χ2v) is 12.5. The first-order valence-electron chi connectivity index (χ1n) is 13.6. The van der Waals surface area contributed by atoms with Crippen molar-refractivity contribution < 1.29 is 19.1 Å². The van der Waals surface area contributed by atoms with E-state index in [2.05, 4.69) is 15.5 Å². The number of nitrogens with one attached hydrogen (secondary N) is 2. The third kappa shape index (κ3) is 8.75. The Morgan fingerprint density at radius 1 is 1.03 bits per heavy atom. The van der Waals surface area contributed by atoms with Gasteiger partial charge >= 0.3 is 6.09 Å². The van der Waals surface area contributed by atoms with Crippen LogP contribution in [0, 0.1) is 5.92 Å². The van der Waals surface area contributed by atoms with E-state index in [1.54, 1.807) is 43.9 Å². The average molecular weight is 570 g/mol. The van der Waals surface area contributed by atoms with Gasteiger partial charge in [0.1, 0.15) is 11.6 Å². The molecule has 3 amide bonds. The maximum Gasteiger partial charge on any atom is 0.408 e. The van der Waals surface area contributed by atoms with Crippen molar-refractivity contribution in [2.45, 2.75) is 90.4 Å². The van der Waals surface area contributed by atoms with E-state index in [-0.39, 0.29) is 36.2 Å². The summed E-state index contributed by atoms with van der Waals surface area (Å²) in [5.41, 5.74) is 0.0184. The summed E-state index contributed by atoms with van der Waals surface area (Å²) in [7, 11) is 0. The molecule has 3 rings (SSSR count). The van der Waals surface area contributed by atoms with Crippen LogP contribution < -0.4 is 10.6 Å². The van der Waals surface area contributed by atoms with Crippen LogP contribution in [-0.4, -0.2) is 77.6 Å². The molecule has 0 radical (unpaired) electrons. The van der Waals surface area contributed by atoms with Crippen LogP contribution >= 0.6 is 23.2 Å². The Morgan fingerprint density at radius 2 is 1.68 bits per heavy atom. The van der Waals surface area contributed by atoms with E-state index in [9.17, 15) is 14.4 Å². The van der Waals surface area contributed by atoms with Gasteiger partial charge in [0.05, 0.1) is 5.92 Å². The van der Waals surface area contributed by atoms with Gasteiger partial charge in [-0.1, -0.05) is 42.1 Å². The van der Waals surface area contributed by atoms with Crippen LogP contribution in [0.5, 0.6) is 0 Å². The Kier molecular flexibility index (Phi) is 10.7. The number of hydrogen-bond acceptors (Lipinski definition) is 5. The number of alkyl carbamates (subject to hydrolysis) is 1. The van der Waals surface area contributed by atoms with Crippen LogP contribution in [0.15, 0.2) is 18.2 Å². The molecule has 0 spiro atoms. The van der Waals surface area contributed by atoms with Crippen molar-refractivity contribution in [2.75, 3.05) is 26.2 Å². The van der Waals surface area contributed by atoms with Gasteiger partial charge in [0.15, 0.2) is 0 Å². The lowest BCUT2D eigenvalue weighted by molar-refractivity contribution is -0.137. The molecule has 2 fully saturated rings. The van der Waals surface area contributed by atoms with Gasteiger partial charge in [-0.15, -0.1) is 0 Å². The van der Waals surface area contributed by atoms with Crippen molar-refractivity contribution in [1.82, 2.24) is 20.4 Å². The summed E-state index contributed by atoms with van der Waals surface area (Å²) in [5, 5.41) is 6.79. The fourth-order valence-corrected chi connectivity index (χ4v) is 5.78. The van der Waals surface area contributed by atoms with Gasteiger partial charge in [-0.05, 0) is 65.2 Å². The largest absolute Gasteiger partial charge is 0.444 e. The van der Waals surface area contributed by atoms with Gasteiger partial charge < -0.3 is 20.3 Å². The van der Waals surface area contributed by atoms with E-state index in [4.69, 9.17) is 27.9 Å². The molecule has 0 bridgehead atoms. The number of amides is 3. The van der Waals surface area contributed by atoms with Crippen molar-refractivity contribution in [1.29, 1.82) is 0 Å². The van der Waals surface area contributed by atoms with Gasteiger partial charge in [0, 0.05) is 54.7 Å². The fourth-order valence-electron chi connectivity index (χ4n) is 5.30. The van der Waals surface area contributed by atoms with Crippen molar-refractivity contribution in [3.8, 4) is 0 Å². The molecule has 1 aromatic rings. The Labute approximate surface area is 236 Å². The second kappa shape index (κ2) is 13.4. The summed E-state index contributed by atoms with van der Waals surface area (Å²) in [6.07, 6.45) is 3.62. The molecule has 38 heavy (non-hydrogen) atoms. The molecule has 1 saturated heterocycles. The summed E-state index contributed by atoms with van der Waals surface area (Å²) in [4.78, 5) is 43.3. The molecule has 3 atom stereocenters. The zero-order chi connectivity index (χ0) is 28.0. The molecule has 2 aliphatic rings. The fraction of sp³-hybridized carbons (Fsp3) is 0.679. The van der Waals surface area contributed by atoms with Crippen LogP contribution in [0.25, 0.3) is 0 Å². The van der Waals surface area contributed by atoms with Gasteiger partial charge in [-0.3, -0.25) is 14.5 Å². The lowest BCUT2D eigenvalue weighted by Gasteiger charge is -2.44. The van der Waals surface area contributed by atoms with Crippen molar-refractivity contribution in [3.05, 3.63) is 33.8 Å². The molecular formula is C28H42Cl2N4O4. The zero-order valence-corrected chi connectivity index (χ0v) is 24.7. The topological polar surface area (TPSA) is 91.0 Å². The third-order valence-corrected chi connectivity index (χ3v) is 7.61. The van der Waals surface area contributed by atoms with Crippen LogP contribution in [0.1, 0.15) is 65.9 Å². The molecular weight excluding hydrogens is 527 g/mol. The first-order valence-corrected chi connectivity index (χ1v) is 14.4. The maximum absolute atomic E-state index is 13.7. The molecule has 1 aliphatic carbocycles. The van der Waals surface area contributed by atoms with E-state index < -0.39 is 17.7 Å². The third-order valence-electron chi connectivity index (χ3n) is 7.02. The lowest BCUT2D eigenvalue weighted by atomic mass is 9.82. The standard InChI is InChI=1S/C28H42Cl2N4O4/c1-18(2)31-25(35)21-8-6-7-9-24(21)33-12-14-34(15-13-33)26(36)23(32-27(37)38-28(3,4)5)16-19-10-11-20(29)17-22(19)30/h10-11,17-18,21,23-24H,6-9,12-16H2,1-5H3,(H,31,35)(H,32,37). The van der Waals surface area contributed by atoms with Crippen LogP contribution in [0.4, 0.5) is 4.79 Å². The minimum absolute atomic E-state index is 0.0259. The number of piperazine rings is 1. The number of ether oxygens (including phenoxy) is 1. The quantitative estimate of drug-likeness (QED) is 0.499. The molecule has 10 heteroatoms. The molecule has 3 unspecified atom stereocenters. The van der Waals surface area contributed by atoms with Crippen LogP contribution in [0.2, 0.25) is 10.0 Å². The smallest absolute Gasteiger partial charge is 0.408 e. The molecule has 212 valence electrons. The van der Waals surface area contributed by atoms with E-state index in [1.165, 1.54) is 0 Å². The summed E-state index contributed by atoms with van der Waals surface area (Å²) in [6, 6.07) is 4.57. The molecule has 1 heterocycles. The molecule has 2 N–H and O–H groups in total. The number of nitrogens with zero attached hydrogens (tertiary/aromatic N) is 2. The molecule has 8 nitrogen and oxygen atoms in total. The predicted octanol–water partition coefficient (Wildman–Crippen LogP) is 4.66. The number of carbonyl (C=O) groups excluding carboxylic acids is 3. The summed E-state index contributed by atoms with van der Waals surface area (Å²) in [5.74, 6) is -0.0778. The normalized spacial score (nSPS) is 21.6. The van der Waals surface area contributed by atoms with Gasteiger partial charge in [-0.2, -0.15) is 0 Å².